The van der Waals surface area contributed by atoms with E-state index in [0.717, 1.165) is 23.6 Å². The van der Waals surface area contributed by atoms with Crippen LogP contribution in [0.3, 0.4) is 0 Å². The molecule has 1 aromatic heterocycles. The standard InChI is InChI=1S/C21H27N5O2/c1-16-14-23-19(24-16)15-25(2)20(27)13-18-21(28)22-10-12-26(18)11-6-9-17-7-4-3-5-8-17/h3-9,14,18H,10-13,15H2,1-2H3,(H,22,28)(H,23,24)/b9-6+. The molecule has 0 radical (unpaired) electrons. The van der Waals surface area contributed by atoms with Gasteiger partial charge in [0.2, 0.25) is 11.8 Å². The lowest BCUT2D eigenvalue weighted by molar-refractivity contribution is -0.138. The van der Waals surface area contributed by atoms with E-state index in [2.05, 4.69) is 20.2 Å². The van der Waals surface area contributed by atoms with E-state index in [0.29, 0.717) is 19.6 Å². The predicted octanol–water partition coefficient (Wildman–Crippen LogP) is 1.58. The van der Waals surface area contributed by atoms with Crippen LogP contribution < -0.4 is 5.32 Å². The molecule has 2 aromatic rings. The van der Waals surface area contributed by atoms with E-state index in [1.807, 2.05) is 49.4 Å². The molecule has 2 N–H and O–H groups in total. The van der Waals surface area contributed by atoms with Crippen LogP contribution in [0.15, 0.2) is 42.6 Å². The molecular weight excluding hydrogens is 354 g/mol. The number of aromatic nitrogens is 2. The van der Waals surface area contributed by atoms with E-state index >= 15 is 0 Å². The molecule has 2 amide bonds. The topological polar surface area (TPSA) is 81.3 Å². The van der Waals surface area contributed by atoms with Crippen molar-refractivity contribution in [1.82, 2.24) is 25.1 Å². The van der Waals surface area contributed by atoms with Gasteiger partial charge in [-0.3, -0.25) is 14.5 Å². The van der Waals surface area contributed by atoms with E-state index in [1.54, 1.807) is 18.1 Å². The van der Waals surface area contributed by atoms with E-state index in [-0.39, 0.29) is 18.2 Å². The first-order valence-corrected chi connectivity index (χ1v) is 9.50. The number of rotatable bonds is 7. The van der Waals surface area contributed by atoms with Crippen molar-refractivity contribution in [3.63, 3.8) is 0 Å². The largest absolute Gasteiger partial charge is 0.353 e. The number of benzene rings is 1. The van der Waals surface area contributed by atoms with Crippen molar-refractivity contribution in [2.45, 2.75) is 25.9 Å². The minimum atomic E-state index is -0.456. The fraction of sp³-hybridized carbons (Fsp3) is 0.381. The number of carbonyl (C=O) groups is 2. The Balaban J connectivity index is 1.59. The molecule has 1 atom stereocenters. The molecule has 0 saturated carbocycles. The number of carbonyl (C=O) groups excluding carboxylic acids is 2. The zero-order valence-electron chi connectivity index (χ0n) is 16.4. The van der Waals surface area contributed by atoms with Crippen LogP contribution in [0.4, 0.5) is 0 Å². The lowest BCUT2D eigenvalue weighted by atomic mass is 10.1. The number of aromatic amines is 1. The van der Waals surface area contributed by atoms with Gasteiger partial charge < -0.3 is 15.2 Å². The molecular formula is C21H27N5O2. The van der Waals surface area contributed by atoms with E-state index in [1.165, 1.54) is 0 Å². The first-order chi connectivity index (χ1) is 13.5. The van der Waals surface area contributed by atoms with Gasteiger partial charge >= 0.3 is 0 Å². The molecule has 1 aliphatic rings. The van der Waals surface area contributed by atoms with Crippen molar-refractivity contribution in [2.75, 3.05) is 26.7 Å². The van der Waals surface area contributed by atoms with Crippen molar-refractivity contribution in [3.8, 4) is 0 Å². The summed E-state index contributed by atoms with van der Waals surface area (Å²) in [6, 6.07) is 9.58. The van der Waals surface area contributed by atoms with Crippen LogP contribution in [0.2, 0.25) is 0 Å². The van der Waals surface area contributed by atoms with Gasteiger partial charge in [0, 0.05) is 38.6 Å². The van der Waals surface area contributed by atoms with Gasteiger partial charge in [-0.1, -0.05) is 42.5 Å². The quantitative estimate of drug-likeness (QED) is 0.763. The van der Waals surface area contributed by atoms with Crippen molar-refractivity contribution < 1.29 is 9.59 Å². The number of hydrogen-bond acceptors (Lipinski definition) is 4. The molecule has 28 heavy (non-hydrogen) atoms. The molecule has 7 nitrogen and oxygen atoms in total. The molecule has 0 spiro atoms. The third-order valence-corrected chi connectivity index (χ3v) is 4.83. The highest BCUT2D eigenvalue weighted by atomic mass is 16.2. The Hall–Kier alpha value is -2.93. The number of nitrogens with one attached hydrogen (secondary N) is 2. The van der Waals surface area contributed by atoms with Gasteiger partial charge in [-0.2, -0.15) is 0 Å². The van der Waals surface area contributed by atoms with Crippen LogP contribution in [0.5, 0.6) is 0 Å². The van der Waals surface area contributed by atoms with Crippen molar-refractivity contribution >= 4 is 17.9 Å². The van der Waals surface area contributed by atoms with Crippen LogP contribution in [0, 0.1) is 6.92 Å². The third-order valence-electron chi connectivity index (χ3n) is 4.83. The summed E-state index contributed by atoms with van der Waals surface area (Å²) in [5.41, 5.74) is 2.07. The molecule has 0 bridgehead atoms. The summed E-state index contributed by atoms with van der Waals surface area (Å²) >= 11 is 0. The van der Waals surface area contributed by atoms with Crippen LogP contribution in [-0.4, -0.2) is 64.3 Å². The number of imidazole rings is 1. The molecule has 1 aliphatic heterocycles. The Morgan fingerprint density at radius 2 is 2.14 bits per heavy atom. The van der Waals surface area contributed by atoms with Gasteiger partial charge in [0.25, 0.3) is 0 Å². The van der Waals surface area contributed by atoms with E-state index in [9.17, 15) is 9.59 Å². The molecule has 1 aromatic carbocycles. The minimum absolute atomic E-state index is 0.0758. The summed E-state index contributed by atoms with van der Waals surface area (Å²) in [6.45, 7) is 4.27. The maximum atomic E-state index is 12.7. The minimum Gasteiger partial charge on any atom is -0.353 e. The second kappa shape index (κ2) is 9.32. The summed E-state index contributed by atoms with van der Waals surface area (Å²) in [7, 11) is 1.74. The molecule has 7 heteroatoms. The molecule has 148 valence electrons. The number of amides is 2. The highest BCUT2D eigenvalue weighted by Gasteiger charge is 2.31. The third kappa shape index (κ3) is 5.29. The van der Waals surface area contributed by atoms with Gasteiger partial charge in [0.15, 0.2) is 0 Å². The highest BCUT2D eigenvalue weighted by molar-refractivity contribution is 5.88. The van der Waals surface area contributed by atoms with Gasteiger partial charge in [0.1, 0.15) is 5.82 Å². The highest BCUT2D eigenvalue weighted by Crippen LogP contribution is 2.12. The first-order valence-electron chi connectivity index (χ1n) is 9.50. The number of H-pyrrole nitrogens is 1. The average molecular weight is 381 g/mol. The van der Waals surface area contributed by atoms with Crippen molar-refractivity contribution in [2.24, 2.45) is 0 Å². The summed E-state index contributed by atoms with van der Waals surface area (Å²) < 4.78 is 0. The Bertz CT molecular complexity index is 830. The Morgan fingerprint density at radius 1 is 1.36 bits per heavy atom. The Kier molecular flexibility index (Phi) is 6.60. The van der Waals surface area contributed by atoms with E-state index < -0.39 is 6.04 Å². The monoisotopic (exact) mass is 381 g/mol. The molecule has 1 fully saturated rings. The summed E-state index contributed by atoms with van der Waals surface area (Å²) in [4.78, 5) is 36.1. The molecule has 2 heterocycles. The molecule has 0 aliphatic carbocycles. The smallest absolute Gasteiger partial charge is 0.237 e. The number of nitrogens with zero attached hydrogens (tertiary/aromatic N) is 3. The summed E-state index contributed by atoms with van der Waals surface area (Å²) in [6.07, 6.45) is 5.97. The SMILES string of the molecule is Cc1cnc(CN(C)C(=O)CC2C(=O)NCCN2C/C=C/c2ccccc2)[nH]1. The first kappa shape index (κ1) is 19.8. The molecule has 1 saturated heterocycles. The predicted molar refractivity (Wildman–Crippen MR) is 108 cm³/mol. The lowest BCUT2D eigenvalue weighted by Crippen LogP contribution is -2.56. The van der Waals surface area contributed by atoms with Crippen LogP contribution in [0.1, 0.15) is 23.5 Å². The van der Waals surface area contributed by atoms with Gasteiger partial charge in [-0.15, -0.1) is 0 Å². The maximum Gasteiger partial charge on any atom is 0.237 e. The molecule has 1 unspecified atom stereocenters. The fourth-order valence-corrected chi connectivity index (χ4v) is 3.27. The summed E-state index contributed by atoms with van der Waals surface area (Å²) in [5.74, 6) is 0.576. The second-order valence-corrected chi connectivity index (χ2v) is 7.08. The van der Waals surface area contributed by atoms with E-state index in [4.69, 9.17) is 0 Å². The Morgan fingerprint density at radius 3 is 2.86 bits per heavy atom. The van der Waals surface area contributed by atoms with Crippen molar-refractivity contribution in [1.29, 1.82) is 0 Å². The van der Waals surface area contributed by atoms with Crippen LogP contribution >= 0.6 is 0 Å². The van der Waals surface area contributed by atoms with Crippen molar-refractivity contribution in [3.05, 3.63) is 59.7 Å². The van der Waals surface area contributed by atoms with Gasteiger partial charge in [-0.05, 0) is 12.5 Å². The van der Waals surface area contributed by atoms with Crippen LogP contribution in [-0.2, 0) is 16.1 Å². The fourth-order valence-electron chi connectivity index (χ4n) is 3.27. The zero-order valence-corrected chi connectivity index (χ0v) is 16.4. The number of aryl methyl sites for hydroxylation is 1. The Labute approximate surface area is 165 Å². The zero-order chi connectivity index (χ0) is 19.9. The summed E-state index contributed by atoms with van der Waals surface area (Å²) in [5, 5.41) is 2.87. The average Bonchev–Trinajstić information content (AvgIpc) is 3.09. The maximum absolute atomic E-state index is 12.7. The lowest BCUT2D eigenvalue weighted by Gasteiger charge is -2.34. The van der Waals surface area contributed by atoms with Gasteiger partial charge in [-0.25, -0.2) is 4.98 Å². The van der Waals surface area contributed by atoms with Crippen LogP contribution in [0.25, 0.3) is 6.08 Å². The molecule has 3 rings (SSSR count). The number of hydrogen-bond donors (Lipinski definition) is 2. The number of piperazine rings is 1. The van der Waals surface area contributed by atoms with Gasteiger partial charge in [0.05, 0.1) is 19.0 Å². The second-order valence-electron chi connectivity index (χ2n) is 7.08. The normalized spacial score (nSPS) is 17.6.